The molecule has 1 aromatic carbocycles. The fourth-order valence-corrected chi connectivity index (χ4v) is 4.18. The van der Waals surface area contributed by atoms with Crippen LogP contribution in [0.1, 0.15) is 63.6 Å². The van der Waals surface area contributed by atoms with Gasteiger partial charge in [-0.2, -0.15) is 5.26 Å². The first-order chi connectivity index (χ1) is 11.5. The quantitative estimate of drug-likeness (QED) is 0.780. The molecule has 24 heavy (non-hydrogen) atoms. The van der Waals surface area contributed by atoms with E-state index in [0.29, 0.717) is 17.4 Å². The minimum absolute atomic E-state index is 0.321. The third-order valence-corrected chi connectivity index (χ3v) is 5.67. The smallest absolute Gasteiger partial charge is 0.0991 e. The zero-order chi connectivity index (χ0) is 17.2. The maximum absolute atomic E-state index is 9.04. The molecule has 1 saturated carbocycles. The first-order valence-corrected chi connectivity index (χ1v) is 8.96. The van der Waals surface area contributed by atoms with Gasteiger partial charge in [-0.3, -0.25) is 0 Å². The van der Waals surface area contributed by atoms with Crippen molar-refractivity contribution in [1.29, 1.82) is 5.26 Å². The Bertz CT molecular complexity index is 678. The van der Waals surface area contributed by atoms with Crippen molar-refractivity contribution in [2.75, 3.05) is 0 Å². The van der Waals surface area contributed by atoms with Gasteiger partial charge in [0, 0.05) is 12.4 Å². The predicted molar refractivity (Wildman–Crippen MR) is 96.4 cm³/mol. The summed E-state index contributed by atoms with van der Waals surface area (Å²) in [7, 11) is 0. The van der Waals surface area contributed by atoms with E-state index in [2.05, 4.69) is 54.7 Å². The Hall–Kier alpha value is -2.08. The molecule has 0 bridgehead atoms. The van der Waals surface area contributed by atoms with E-state index >= 15 is 0 Å². The summed E-state index contributed by atoms with van der Waals surface area (Å²) in [5, 5.41) is 9.04. The SMILES string of the molecule is CC(C)(C)C1CCC(C(c2ccc(C#N)cc2)n2ccnc2)CC1. The maximum Gasteiger partial charge on any atom is 0.0991 e. The Kier molecular flexibility index (Phi) is 4.76. The summed E-state index contributed by atoms with van der Waals surface area (Å²) in [6, 6.07) is 10.6. The van der Waals surface area contributed by atoms with Gasteiger partial charge in [0.05, 0.1) is 24.0 Å². The average molecular weight is 321 g/mol. The van der Waals surface area contributed by atoms with Gasteiger partial charge in [-0.1, -0.05) is 32.9 Å². The fraction of sp³-hybridized carbons (Fsp3) is 0.524. The molecule has 3 heteroatoms. The van der Waals surface area contributed by atoms with Crippen molar-refractivity contribution in [2.24, 2.45) is 17.3 Å². The molecule has 126 valence electrons. The Labute approximate surface area is 145 Å². The maximum atomic E-state index is 9.04. The van der Waals surface area contributed by atoms with Crippen LogP contribution in [0.15, 0.2) is 43.0 Å². The molecule has 1 unspecified atom stereocenters. The highest BCUT2D eigenvalue weighted by molar-refractivity contribution is 5.33. The summed E-state index contributed by atoms with van der Waals surface area (Å²) in [6.45, 7) is 7.10. The third-order valence-electron chi connectivity index (χ3n) is 5.67. The normalized spacial score (nSPS) is 22.8. The van der Waals surface area contributed by atoms with Gasteiger partial charge in [-0.25, -0.2) is 4.98 Å². The van der Waals surface area contributed by atoms with Crippen LogP contribution in [0.25, 0.3) is 0 Å². The minimum Gasteiger partial charge on any atom is -0.330 e. The van der Waals surface area contributed by atoms with Crippen molar-refractivity contribution in [3.05, 3.63) is 54.1 Å². The molecule has 0 spiro atoms. The van der Waals surface area contributed by atoms with Crippen LogP contribution in [0, 0.1) is 28.6 Å². The Balaban J connectivity index is 1.83. The van der Waals surface area contributed by atoms with E-state index in [4.69, 9.17) is 5.26 Å². The van der Waals surface area contributed by atoms with E-state index in [1.807, 2.05) is 24.7 Å². The standard InChI is InChI=1S/C21H27N3/c1-21(2,3)19-10-8-18(9-11-19)20(24-13-12-23-15-24)17-6-4-16(14-22)5-7-17/h4-7,12-13,15,18-20H,8-11H2,1-3H3. The molecule has 1 heterocycles. The van der Waals surface area contributed by atoms with Crippen molar-refractivity contribution in [3.8, 4) is 6.07 Å². The van der Waals surface area contributed by atoms with Crippen molar-refractivity contribution in [3.63, 3.8) is 0 Å². The molecule has 0 saturated heterocycles. The topological polar surface area (TPSA) is 41.6 Å². The van der Waals surface area contributed by atoms with E-state index in [1.54, 1.807) is 0 Å². The third kappa shape index (κ3) is 3.53. The predicted octanol–water partition coefficient (Wildman–Crippen LogP) is 5.20. The summed E-state index contributed by atoms with van der Waals surface area (Å²) < 4.78 is 2.24. The van der Waals surface area contributed by atoms with Crippen LogP contribution in [0.5, 0.6) is 0 Å². The number of hydrogen-bond donors (Lipinski definition) is 0. The molecule has 0 amide bonds. The first kappa shape index (κ1) is 16.8. The number of nitriles is 1. The number of benzene rings is 1. The second kappa shape index (κ2) is 6.81. The molecule has 3 nitrogen and oxygen atoms in total. The van der Waals surface area contributed by atoms with Gasteiger partial charge in [-0.05, 0) is 60.6 Å². The molecule has 3 rings (SSSR count). The number of imidazole rings is 1. The van der Waals surface area contributed by atoms with Crippen LogP contribution >= 0.6 is 0 Å². The molecule has 1 aliphatic rings. The van der Waals surface area contributed by atoms with Crippen molar-refractivity contribution >= 4 is 0 Å². The molecule has 1 fully saturated rings. The van der Waals surface area contributed by atoms with Gasteiger partial charge in [0.15, 0.2) is 0 Å². The van der Waals surface area contributed by atoms with E-state index in [9.17, 15) is 0 Å². The number of nitrogens with zero attached hydrogens (tertiary/aromatic N) is 3. The van der Waals surface area contributed by atoms with Crippen LogP contribution < -0.4 is 0 Å². The van der Waals surface area contributed by atoms with Gasteiger partial charge >= 0.3 is 0 Å². The van der Waals surface area contributed by atoms with Gasteiger partial charge in [-0.15, -0.1) is 0 Å². The highest BCUT2D eigenvalue weighted by Gasteiger charge is 2.34. The number of aromatic nitrogens is 2. The molecule has 2 aromatic rings. The van der Waals surface area contributed by atoms with E-state index < -0.39 is 0 Å². The minimum atomic E-state index is 0.321. The molecule has 0 aliphatic heterocycles. The summed E-state index contributed by atoms with van der Waals surface area (Å²) >= 11 is 0. The molecule has 1 aliphatic carbocycles. The first-order valence-electron chi connectivity index (χ1n) is 8.96. The zero-order valence-corrected chi connectivity index (χ0v) is 14.9. The molecular formula is C21H27N3. The van der Waals surface area contributed by atoms with Gasteiger partial charge in [0.1, 0.15) is 0 Å². The summed E-state index contributed by atoms with van der Waals surface area (Å²) in [6.07, 6.45) is 11.0. The number of rotatable bonds is 3. The Morgan fingerprint density at radius 1 is 1.12 bits per heavy atom. The van der Waals surface area contributed by atoms with E-state index in [1.165, 1.54) is 31.2 Å². The van der Waals surface area contributed by atoms with Crippen LogP contribution in [0.4, 0.5) is 0 Å². The molecule has 0 radical (unpaired) electrons. The monoisotopic (exact) mass is 321 g/mol. The lowest BCUT2D eigenvalue weighted by Crippen LogP contribution is -2.30. The summed E-state index contributed by atoms with van der Waals surface area (Å²) in [4.78, 5) is 4.26. The Morgan fingerprint density at radius 2 is 1.79 bits per heavy atom. The van der Waals surface area contributed by atoms with Gasteiger partial charge in [0.25, 0.3) is 0 Å². The van der Waals surface area contributed by atoms with Crippen LogP contribution in [0.2, 0.25) is 0 Å². The van der Waals surface area contributed by atoms with E-state index in [-0.39, 0.29) is 0 Å². The molecular weight excluding hydrogens is 294 g/mol. The van der Waals surface area contributed by atoms with Gasteiger partial charge in [0.2, 0.25) is 0 Å². The average Bonchev–Trinajstić information content (AvgIpc) is 3.09. The van der Waals surface area contributed by atoms with Crippen LogP contribution in [0.3, 0.4) is 0 Å². The van der Waals surface area contributed by atoms with Crippen molar-refractivity contribution < 1.29 is 0 Å². The van der Waals surface area contributed by atoms with Crippen molar-refractivity contribution in [1.82, 2.24) is 9.55 Å². The zero-order valence-electron chi connectivity index (χ0n) is 14.9. The van der Waals surface area contributed by atoms with Crippen LogP contribution in [-0.4, -0.2) is 9.55 Å². The van der Waals surface area contributed by atoms with Crippen LogP contribution in [-0.2, 0) is 0 Å². The number of hydrogen-bond acceptors (Lipinski definition) is 2. The van der Waals surface area contributed by atoms with Gasteiger partial charge < -0.3 is 4.57 Å². The molecule has 0 N–H and O–H groups in total. The molecule has 1 atom stereocenters. The largest absolute Gasteiger partial charge is 0.330 e. The Morgan fingerprint density at radius 3 is 2.29 bits per heavy atom. The lowest BCUT2D eigenvalue weighted by molar-refractivity contribution is 0.133. The lowest BCUT2D eigenvalue weighted by atomic mass is 9.68. The van der Waals surface area contributed by atoms with E-state index in [0.717, 1.165) is 11.5 Å². The second-order valence-electron chi connectivity index (χ2n) is 8.17. The lowest BCUT2D eigenvalue weighted by Gasteiger charge is -2.40. The second-order valence-corrected chi connectivity index (χ2v) is 8.17. The fourth-order valence-electron chi connectivity index (χ4n) is 4.18. The highest BCUT2D eigenvalue weighted by Crippen LogP contribution is 2.44. The highest BCUT2D eigenvalue weighted by atomic mass is 15.1. The molecule has 1 aromatic heterocycles. The summed E-state index contributed by atoms with van der Waals surface area (Å²) in [5.74, 6) is 1.45. The van der Waals surface area contributed by atoms with Crippen molar-refractivity contribution in [2.45, 2.75) is 52.5 Å². The summed E-state index contributed by atoms with van der Waals surface area (Å²) in [5.41, 5.74) is 2.41.